The van der Waals surface area contributed by atoms with Crippen molar-refractivity contribution in [2.45, 2.75) is 6.42 Å². The van der Waals surface area contributed by atoms with Gasteiger partial charge in [0.15, 0.2) is 22.1 Å². The Morgan fingerprint density at radius 3 is 2.80 bits per heavy atom. The van der Waals surface area contributed by atoms with Gasteiger partial charge in [-0.05, 0) is 6.42 Å². The van der Waals surface area contributed by atoms with Crippen molar-refractivity contribution >= 4 is 27.4 Å². The Morgan fingerprint density at radius 1 is 1.23 bits per heavy atom. The van der Waals surface area contributed by atoms with Crippen molar-refractivity contribution in [3.8, 4) is 28.6 Å². The van der Waals surface area contributed by atoms with E-state index in [0.29, 0.717) is 31.1 Å². The molecule has 0 aliphatic carbocycles. The lowest BCUT2D eigenvalue weighted by Crippen LogP contribution is -2.08. The van der Waals surface area contributed by atoms with Crippen LogP contribution in [0.5, 0.6) is 17.2 Å². The molecule has 0 aliphatic rings. The molecule has 0 bridgehead atoms. The fourth-order valence-corrected chi connectivity index (χ4v) is 3.63. The summed E-state index contributed by atoms with van der Waals surface area (Å²) in [5.74, 6) is 0.538. The molecule has 2 aromatic carbocycles. The maximum absolute atomic E-state index is 12.7. The SMILES string of the molecule is COc1c(OCCCNc2nccs2)cc2oc(-c3ccccc3)cc(=O)c2c1O. The van der Waals surface area contributed by atoms with E-state index in [2.05, 4.69) is 10.3 Å². The highest BCUT2D eigenvalue weighted by Gasteiger charge is 2.20. The highest BCUT2D eigenvalue weighted by atomic mass is 32.1. The van der Waals surface area contributed by atoms with Crippen molar-refractivity contribution in [3.05, 3.63) is 64.3 Å². The lowest BCUT2D eigenvalue weighted by Gasteiger charge is -2.14. The second-order valence-corrected chi connectivity index (χ2v) is 7.33. The van der Waals surface area contributed by atoms with E-state index in [9.17, 15) is 9.90 Å². The van der Waals surface area contributed by atoms with E-state index in [0.717, 1.165) is 10.7 Å². The number of nitrogens with one attached hydrogen (secondary N) is 1. The highest BCUT2D eigenvalue weighted by Crippen LogP contribution is 2.42. The molecular formula is C22H20N2O5S. The molecule has 0 fully saturated rings. The largest absolute Gasteiger partial charge is 0.504 e. The minimum absolute atomic E-state index is 0.0596. The van der Waals surface area contributed by atoms with Crippen molar-refractivity contribution in [2.75, 3.05) is 25.6 Å². The van der Waals surface area contributed by atoms with Gasteiger partial charge in [0, 0.05) is 35.8 Å². The number of aromatic nitrogens is 1. The number of benzene rings is 2. The summed E-state index contributed by atoms with van der Waals surface area (Å²) < 4.78 is 17.0. The molecule has 30 heavy (non-hydrogen) atoms. The van der Waals surface area contributed by atoms with Crippen molar-refractivity contribution in [1.29, 1.82) is 0 Å². The van der Waals surface area contributed by atoms with Gasteiger partial charge in [-0.3, -0.25) is 4.79 Å². The van der Waals surface area contributed by atoms with Gasteiger partial charge in [-0.15, -0.1) is 11.3 Å². The number of hydrogen-bond donors (Lipinski definition) is 2. The van der Waals surface area contributed by atoms with Crippen LogP contribution in [0.2, 0.25) is 0 Å². The fraction of sp³-hybridized carbons (Fsp3) is 0.182. The molecule has 0 radical (unpaired) electrons. The van der Waals surface area contributed by atoms with Crippen LogP contribution in [0.15, 0.2) is 63.3 Å². The third-order valence-electron chi connectivity index (χ3n) is 4.46. The van der Waals surface area contributed by atoms with E-state index in [4.69, 9.17) is 13.9 Å². The molecule has 0 saturated carbocycles. The first-order chi connectivity index (χ1) is 14.7. The predicted molar refractivity (Wildman–Crippen MR) is 117 cm³/mol. The molecule has 2 aromatic heterocycles. The van der Waals surface area contributed by atoms with Gasteiger partial charge < -0.3 is 24.3 Å². The number of methoxy groups -OCH3 is 1. The molecule has 0 unspecified atom stereocenters. The van der Waals surface area contributed by atoms with E-state index < -0.39 is 0 Å². The van der Waals surface area contributed by atoms with E-state index in [1.54, 1.807) is 12.3 Å². The van der Waals surface area contributed by atoms with Gasteiger partial charge in [-0.1, -0.05) is 30.3 Å². The fourth-order valence-electron chi connectivity index (χ4n) is 3.07. The van der Waals surface area contributed by atoms with Crippen molar-refractivity contribution < 1.29 is 19.0 Å². The van der Waals surface area contributed by atoms with E-state index in [-0.39, 0.29) is 27.9 Å². The van der Waals surface area contributed by atoms with Crippen LogP contribution >= 0.6 is 11.3 Å². The summed E-state index contributed by atoms with van der Waals surface area (Å²) in [4.78, 5) is 16.8. The zero-order valence-electron chi connectivity index (χ0n) is 16.3. The molecule has 2 heterocycles. The Bertz CT molecular complexity index is 1190. The van der Waals surface area contributed by atoms with Crippen LogP contribution in [0.3, 0.4) is 0 Å². The first-order valence-electron chi connectivity index (χ1n) is 9.37. The number of nitrogens with zero attached hydrogens (tertiary/aromatic N) is 1. The van der Waals surface area contributed by atoms with Gasteiger partial charge in [-0.2, -0.15) is 0 Å². The number of hydrogen-bond acceptors (Lipinski definition) is 8. The molecule has 4 aromatic rings. The summed E-state index contributed by atoms with van der Waals surface area (Å²) in [6.45, 7) is 1.06. The van der Waals surface area contributed by atoms with Crippen LogP contribution in [0.4, 0.5) is 5.13 Å². The normalized spacial score (nSPS) is 10.8. The molecule has 154 valence electrons. The molecule has 4 rings (SSSR count). The van der Waals surface area contributed by atoms with E-state index in [1.165, 1.54) is 24.5 Å². The van der Waals surface area contributed by atoms with Crippen LogP contribution in [-0.4, -0.2) is 30.4 Å². The average molecular weight is 424 g/mol. The van der Waals surface area contributed by atoms with Crippen LogP contribution in [0.25, 0.3) is 22.3 Å². The highest BCUT2D eigenvalue weighted by molar-refractivity contribution is 7.13. The monoisotopic (exact) mass is 424 g/mol. The van der Waals surface area contributed by atoms with Gasteiger partial charge >= 0.3 is 0 Å². The second-order valence-electron chi connectivity index (χ2n) is 6.44. The molecule has 0 atom stereocenters. The predicted octanol–water partition coefficient (Wildman–Crippen LogP) is 4.51. The van der Waals surface area contributed by atoms with Crippen molar-refractivity contribution in [3.63, 3.8) is 0 Å². The number of phenolic OH excluding ortho intramolecular Hbond substituents is 1. The number of phenols is 1. The van der Waals surface area contributed by atoms with Crippen LogP contribution in [0.1, 0.15) is 6.42 Å². The van der Waals surface area contributed by atoms with Gasteiger partial charge in [0.1, 0.15) is 16.7 Å². The smallest absolute Gasteiger partial charge is 0.204 e. The summed E-state index contributed by atoms with van der Waals surface area (Å²) in [6.07, 6.45) is 2.44. The van der Waals surface area contributed by atoms with Crippen LogP contribution in [0, 0.1) is 0 Å². The number of aromatic hydroxyl groups is 1. The van der Waals surface area contributed by atoms with Crippen LogP contribution < -0.4 is 20.2 Å². The minimum Gasteiger partial charge on any atom is -0.504 e. The second kappa shape index (κ2) is 8.87. The average Bonchev–Trinajstić information content (AvgIpc) is 3.27. The third kappa shape index (κ3) is 4.08. The Labute approximate surface area is 176 Å². The number of anilines is 1. The lowest BCUT2D eigenvalue weighted by atomic mass is 10.1. The quantitative estimate of drug-likeness (QED) is 0.402. The summed E-state index contributed by atoms with van der Waals surface area (Å²) in [7, 11) is 1.41. The van der Waals surface area contributed by atoms with Gasteiger partial charge in [0.2, 0.25) is 5.75 Å². The minimum atomic E-state index is -0.356. The van der Waals surface area contributed by atoms with Gasteiger partial charge in [0.25, 0.3) is 0 Å². The molecule has 8 heteroatoms. The Hall–Kier alpha value is -3.52. The molecule has 0 spiro atoms. The molecule has 7 nitrogen and oxygen atoms in total. The Kier molecular flexibility index (Phi) is 5.85. The van der Waals surface area contributed by atoms with Crippen LogP contribution in [-0.2, 0) is 0 Å². The number of thiazole rings is 1. The van der Waals surface area contributed by atoms with Crippen molar-refractivity contribution in [2.24, 2.45) is 0 Å². The van der Waals surface area contributed by atoms with E-state index >= 15 is 0 Å². The maximum atomic E-state index is 12.7. The zero-order valence-corrected chi connectivity index (χ0v) is 17.1. The number of ether oxygens (including phenoxy) is 2. The van der Waals surface area contributed by atoms with Gasteiger partial charge in [-0.25, -0.2) is 4.98 Å². The van der Waals surface area contributed by atoms with Gasteiger partial charge in [0.05, 0.1) is 13.7 Å². The lowest BCUT2D eigenvalue weighted by molar-refractivity contribution is 0.285. The summed E-state index contributed by atoms with van der Waals surface area (Å²) in [5.41, 5.74) is 0.642. The summed E-state index contributed by atoms with van der Waals surface area (Å²) >= 11 is 1.53. The van der Waals surface area contributed by atoms with Crippen molar-refractivity contribution in [1.82, 2.24) is 4.98 Å². The number of rotatable bonds is 8. The molecule has 0 aliphatic heterocycles. The third-order valence-corrected chi connectivity index (χ3v) is 5.19. The summed E-state index contributed by atoms with van der Waals surface area (Å²) in [5, 5.41) is 16.6. The maximum Gasteiger partial charge on any atom is 0.204 e. The first-order valence-corrected chi connectivity index (χ1v) is 10.2. The number of fused-ring (bicyclic) bond motifs is 1. The topological polar surface area (TPSA) is 93.8 Å². The van der Waals surface area contributed by atoms with E-state index in [1.807, 2.05) is 35.7 Å². The summed E-state index contributed by atoms with van der Waals surface area (Å²) in [6, 6.07) is 12.2. The Morgan fingerprint density at radius 2 is 2.07 bits per heavy atom. The standard InChI is InChI=1S/C22H20N2O5S/c1-27-21-18(28-10-5-8-23-22-24-9-11-30-22)13-17-19(20(21)26)15(25)12-16(29-17)14-6-3-2-4-7-14/h2-4,6-7,9,11-13,26H,5,8,10H2,1H3,(H,23,24). The molecule has 0 saturated heterocycles. The Balaban J connectivity index is 1.59. The molecular weight excluding hydrogens is 404 g/mol. The zero-order chi connectivity index (χ0) is 20.9. The molecule has 0 amide bonds. The first kappa shape index (κ1) is 19.8. The molecule has 2 N–H and O–H groups in total.